The minimum absolute atomic E-state index is 0.187. The molecule has 1 heterocycles. The van der Waals surface area contributed by atoms with Gasteiger partial charge < -0.3 is 9.73 Å². The van der Waals surface area contributed by atoms with Gasteiger partial charge in [0.15, 0.2) is 0 Å². The van der Waals surface area contributed by atoms with E-state index in [4.69, 9.17) is 4.42 Å². The normalized spacial score (nSPS) is 12.5. The lowest BCUT2D eigenvalue weighted by atomic mass is 10.1. The Balaban J connectivity index is 1.87. The Hall–Kier alpha value is -1.26. The number of nitrogens with one attached hydrogen (secondary N) is 1. The van der Waals surface area contributed by atoms with Crippen LogP contribution in [0.3, 0.4) is 0 Å². The van der Waals surface area contributed by atoms with Crippen LogP contribution in [0.2, 0.25) is 0 Å². The van der Waals surface area contributed by atoms with Crippen molar-refractivity contribution in [1.29, 1.82) is 0 Å². The molecular weight excluding hydrogens is 273 g/mol. The van der Waals surface area contributed by atoms with Crippen molar-refractivity contribution in [2.45, 2.75) is 30.7 Å². The van der Waals surface area contributed by atoms with Crippen molar-refractivity contribution in [2.75, 3.05) is 12.3 Å². The molecule has 0 bridgehead atoms. The first-order chi connectivity index (χ1) is 9.78. The molecule has 2 rings (SSSR count). The molecule has 0 fully saturated rings. The lowest BCUT2D eigenvalue weighted by molar-refractivity contribution is 0.536. The van der Waals surface area contributed by atoms with E-state index in [1.54, 1.807) is 24.3 Å². The number of benzene rings is 1. The van der Waals surface area contributed by atoms with Crippen LogP contribution in [0.5, 0.6) is 0 Å². The Morgan fingerprint density at radius 3 is 2.70 bits per heavy atom. The summed E-state index contributed by atoms with van der Waals surface area (Å²) in [5, 5.41) is 3.55. The largest absolute Gasteiger partial charge is 0.472 e. The second-order valence-electron chi connectivity index (χ2n) is 4.75. The molecule has 1 N–H and O–H groups in total. The van der Waals surface area contributed by atoms with E-state index in [0.29, 0.717) is 6.04 Å². The SMILES string of the molecule is CCCNC(CSc1ccc(F)cc1)Cc1ccoc1. The molecule has 0 aliphatic carbocycles. The van der Waals surface area contributed by atoms with Crippen molar-refractivity contribution in [1.82, 2.24) is 5.32 Å². The first-order valence-electron chi connectivity index (χ1n) is 6.90. The fourth-order valence-corrected chi connectivity index (χ4v) is 2.92. The van der Waals surface area contributed by atoms with Crippen LogP contribution in [0.15, 0.2) is 52.2 Å². The van der Waals surface area contributed by atoms with Crippen molar-refractivity contribution >= 4 is 11.8 Å². The van der Waals surface area contributed by atoms with Gasteiger partial charge in [0.2, 0.25) is 0 Å². The summed E-state index contributed by atoms with van der Waals surface area (Å²) in [6.07, 6.45) is 5.57. The zero-order chi connectivity index (χ0) is 14.2. The summed E-state index contributed by atoms with van der Waals surface area (Å²) in [5.41, 5.74) is 1.21. The molecule has 0 radical (unpaired) electrons. The van der Waals surface area contributed by atoms with Crippen LogP contribution in [0.25, 0.3) is 0 Å². The number of furan rings is 1. The van der Waals surface area contributed by atoms with E-state index in [1.807, 2.05) is 18.2 Å². The maximum Gasteiger partial charge on any atom is 0.123 e. The molecule has 1 aromatic heterocycles. The molecule has 0 aliphatic rings. The van der Waals surface area contributed by atoms with Crippen molar-refractivity contribution in [3.8, 4) is 0 Å². The Kier molecular flexibility index (Phi) is 6.15. The highest BCUT2D eigenvalue weighted by atomic mass is 32.2. The molecule has 2 aromatic rings. The molecule has 108 valence electrons. The van der Waals surface area contributed by atoms with Crippen LogP contribution < -0.4 is 5.32 Å². The van der Waals surface area contributed by atoms with Gasteiger partial charge in [0.05, 0.1) is 12.5 Å². The third-order valence-corrected chi connectivity index (χ3v) is 4.18. The zero-order valence-electron chi connectivity index (χ0n) is 11.6. The van der Waals surface area contributed by atoms with Gasteiger partial charge in [-0.2, -0.15) is 0 Å². The van der Waals surface area contributed by atoms with Gasteiger partial charge in [0, 0.05) is 16.7 Å². The van der Waals surface area contributed by atoms with Gasteiger partial charge in [-0.05, 0) is 55.3 Å². The van der Waals surface area contributed by atoms with E-state index in [-0.39, 0.29) is 5.82 Å². The van der Waals surface area contributed by atoms with E-state index in [0.717, 1.165) is 30.0 Å². The van der Waals surface area contributed by atoms with Crippen molar-refractivity contribution in [3.05, 3.63) is 54.2 Å². The highest BCUT2D eigenvalue weighted by molar-refractivity contribution is 7.99. The van der Waals surface area contributed by atoms with Crippen molar-refractivity contribution in [3.63, 3.8) is 0 Å². The maximum atomic E-state index is 12.9. The molecule has 1 atom stereocenters. The molecule has 1 unspecified atom stereocenters. The average Bonchev–Trinajstić information content (AvgIpc) is 2.96. The molecule has 0 amide bonds. The molecule has 20 heavy (non-hydrogen) atoms. The number of hydrogen-bond donors (Lipinski definition) is 1. The maximum absolute atomic E-state index is 12.9. The minimum atomic E-state index is -0.187. The monoisotopic (exact) mass is 293 g/mol. The Morgan fingerprint density at radius 2 is 2.05 bits per heavy atom. The van der Waals surface area contributed by atoms with Crippen LogP contribution in [0.4, 0.5) is 4.39 Å². The van der Waals surface area contributed by atoms with Gasteiger partial charge in [-0.15, -0.1) is 11.8 Å². The highest BCUT2D eigenvalue weighted by Gasteiger charge is 2.10. The molecule has 0 saturated heterocycles. The van der Waals surface area contributed by atoms with Gasteiger partial charge in [-0.1, -0.05) is 6.92 Å². The Labute approximate surface area is 123 Å². The summed E-state index contributed by atoms with van der Waals surface area (Å²) in [4.78, 5) is 1.10. The average molecular weight is 293 g/mol. The quantitative estimate of drug-likeness (QED) is 0.741. The summed E-state index contributed by atoms with van der Waals surface area (Å²) in [6, 6.07) is 9.06. The topological polar surface area (TPSA) is 25.2 Å². The smallest absolute Gasteiger partial charge is 0.123 e. The predicted octanol–water partition coefficient (Wildman–Crippen LogP) is 4.12. The minimum Gasteiger partial charge on any atom is -0.472 e. The predicted molar refractivity (Wildman–Crippen MR) is 81.6 cm³/mol. The van der Waals surface area contributed by atoms with Gasteiger partial charge in [-0.3, -0.25) is 0 Å². The summed E-state index contributed by atoms with van der Waals surface area (Å²) in [5.74, 6) is 0.769. The third-order valence-electron chi connectivity index (χ3n) is 3.01. The van der Waals surface area contributed by atoms with Crippen LogP contribution in [-0.2, 0) is 6.42 Å². The number of hydrogen-bond acceptors (Lipinski definition) is 3. The first kappa shape index (κ1) is 15.1. The van der Waals surface area contributed by atoms with E-state index in [1.165, 1.54) is 17.7 Å². The van der Waals surface area contributed by atoms with Crippen LogP contribution in [-0.4, -0.2) is 18.3 Å². The van der Waals surface area contributed by atoms with Gasteiger partial charge >= 0.3 is 0 Å². The standard InChI is InChI=1S/C16H20FNOS/c1-2-8-18-15(10-13-7-9-19-11-13)12-20-16-5-3-14(17)4-6-16/h3-7,9,11,15,18H,2,8,10,12H2,1H3. The van der Waals surface area contributed by atoms with Crippen molar-refractivity contribution < 1.29 is 8.81 Å². The molecule has 0 saturated carbocycles. The molecular formula is C16H20FNOS. The second kappa shape index (κ2) is 8.12. The number of thioether (sulfide) groups is 1. The molecule has 2 nitrogen and oxygen atoms in total. The molecule has 4 heteroatoms. The highest BCUT2D eigenvalue weighted by Crippen LogP contribution is 2.20. The van der Waals surface area contributed by atoms with Crippen LogP contribution >= 0.6 is 11.8 Å². The lowest BCUT2D eigenvalue weighted by Crippen LogP contribution is -2.33. The second-order valence-corrected chi connectivity index (χ2v) is 5.85. The lowest BCUT2D eigenvalue weighted by Gasteiger charge is -2.17. The van der Waals surface area contributed by atoms with Gasteiger partial charge in [-0.25, -0.2) is 4.39 Å². The summed E-state index contributed by atoms with van der Waals surface area (Å²) in [6.45, 7) is 3.17. The molecule has 0 aliphatic heterocycles. The van der Waals surface area contributed by atoms with Crippen molar-refractivity contribution in [2.24, 2.45) is 0 Å². The molecule has 0 spiro atoms. The van der Waals surface area contributed by atoms with E-state index >= 15 is 0 Å². The molecule has 1 aromatic carbocycles. The zero-order valence-corrected chi connectivity index (χ0v) is 12.5. The fraction of sp³-hybridized carbons (Fsp3) is 0.375. The van der Waals surface area contributed by atoms with Crippen LogP contribution in [0.1, 0.15) is 18.9 Å². The van der Waals surface area contributed by atoms with Gasteiger partial charge in [0.25, 0.3) is 0 Å². The van der Waals surface area contributed by atoms with E-state index < -0.39 is 0 Å². The Morgan fingerprint density at radius 1 is 1.25 bits per heavy atom. The third kappa shape index (κ3) is 5.02. The van der Waals surface area contributed by atoms with Crippen LogP contribution in [0, 0.1) is 5.82 Å². The van der Waals surface area contributed by atoms with E-state index in [2.05, 4.69) is 12.2 Å². The van der Waals surface area contributed by atoms with Gasteiger partial charge in [0.1, 0.15) is 5.82 Å². The van der Waals surface area contributed by atoms with E-state index in [9.17, 15) is 4.39 Å². The number of rotatable bonds is 8. The summed E-state index contributed by atoms with van der Waals surface area (Å²) in [7, 11) is 0. The summed E-state index contributed by atoms with van der Waals surface area (Å²) < 4.78 is 18.0. The fourth-order valence-electron chi connectivity index (χ4n) is 1.96. The number of halogens is 1. The Bertz CT molecular complexity index is 484. The summed E-state index contributed by atoms with van der Waals surface area (Å²) >= 11 is 1.75. The first-order valence-corrected chi connectivity index (χ1v) is 7.89.